The minimum atomic E-state index is -4.88. The summed E-state index contributed by atoms with van der Waals surface area (Å²) >= 11 is 0. The van der Waals surface area contributed by atoms with Crippen molar-refractivity contribution < 1.29 is 41.0 Å². The second-order valence-corrected chi connectivity index (χ2v) is 6.38. The number of benzene rings is 2. The van der Waals surface area contributed by atoms with Gasteiger partial charge in [-0.1, -0.05) is 0 Å². The SMILES string of the molecule is COc1cc(F)c(C2CNC(=O)[C@H]2NC(=O)c2ccc(OC(F)(F)F)cc2)c(F)c1. The number of ether oxygens (including phenoxy) is 2. The van der Waals surface area contributed by atoms with Gasteiger partial charge < -0.3 is 20.1 Å². The summed E-state index contributed by atoms with van der Waals surface area (Å²) in [7, 11) is 1.24. The molecule has 0 saturated carbocycles. The molecule has 30 heavy (non-hydrogen) atoms. The van der Waals surface area contributed by atoms with Crippen LogP contribution in [0.25, 0.3) is 0 Å². The van der Waals surface area contributed by atoms with Crippen molar-refractivity contribution in [3.63, 3.8) is 0 Å². The van der Waals surface area contributed by atoms with Crippen LogP contribution in [-0.2, 0) is 4.79 Å². The van der Waals surface area contributed by atoms with Gasteiger partial charge in [0, 0.05) is 35.7 Å². The summed E-state index contributed by atoms with van der Waals surface area (Å²) in [6.07, 6.45) is -4.88. The summed E-state index contributed by atoms with van der Waals surface area (Å²) < 4.78 is 74.0. The van der Waals surface area contributed by atoms with Crippen molar-refractivity contribution >= 4 is 11.8 Å². The Morgan fingerprint density at radius 3 is 2.23 bits per heavy atom. The van der Waals surface area contributed by atoms with E-state index >= 15 is 0 Å². The van der Waals surface area contributed by atoms with E-state index in [4.69, 9.17) is 4.74 Å². The molecular formula is C19H15F5N2O4. The van der Waals surface area contributed by atoms with Crippen LogP contribution in [-0.4, -0.2) is 37.9 Å². The fraction of sp³-hybridized carbons (Fsp3) is 0.263. The molecule has 2 atom stereocenters. The summed E-state index contributed by atoms with van der Waals surface area (Å²) in [6.45, 7) is -0.123. The van der Waals surface area contributed by atoms with Gasteiger partial charge in [-0.05, 0) is 24.3 Å². The Morgan fingerprint density at radius 1 is 1.10 bits per heavy atom. The minimum Gasteiger partial charge on any atom is -0.497 e. The van der Waals surface area contributed by atoms with E-state index in [-0.39, 0.29) is 17.9 Å². The highest BCUT2D eigenvalue weighted by Crippen LogP contribution is 2.31. The average molecular weight is 430 g/mol. The Bertz CT molecular complexity index is 939. The number of methoxy groups -OCH3 is 1. The molecule has 2 aromatic carbocycles. The smallest absolute Gasteiger partial charge is 0.497 e. The monoisotopic (exact) mass is 430 g/mol. The molecule has 2 amide bonds. The number of nitrogens with one attached hydrogen (secondary N) is 2. The number of carbonyl (C=O) groups is 2. The van der Waals surface area contributed by atoms with E-state index in [2.05, 4.69) is 15.4 Å². The highest BCUT2D eigenvalue weighted by atomic mass is 19.4. The lowest BCUT2D eigenvalue weighted by Crippen LogP contribution is -2.43. The normalized spacial score (nSPS) is 18.7. The molecule has 1 saturated heterocycles. The molecule has 1 aliphatic heterocycles. The summed E-state index contributed by atoms with van der Waals surface area (Å²) in [5.74, 6) is -4.97. The second kappa shape index (κ2) is 8.17. The first-order valence-electron chi connectivity index (χ1n) is 8.56. The molecule has 1 unspecified atom stereocenters. The van der Waals surface area contributed by atoms with Crippen LogP contribution < -0.4 is 20.1 Å². The van der Waals surface area contributed by atoms with Crippen molar-refractivity contribution in [3.8, 4) is 11.5 Å². The third-order valence-electron chi connectivity index (χ3n) is 4.48. The van der Waals surface area contributed by atoms with Crippen molar-refractivity contribution in [1.29, 1.82) is 0 Å². The van der Waals surface area contributed by atoms with Gasteiger partial charge in [-0.3, -0.25) is 9.59 Å². The second-order valence-electron chi connectivity index (χ2n) is 6.38. The highest BCUT2D eigenvalue weighted by molar-refractivity contribution is 5.98. The van der Waals surface area contributed by atoms with Gasteiger partial charge in [0.15, 0.2) is 0 Å². The minimum absolute atomic E-state index is 0.0483. The van der Waals surface area contributed by atoms with Crippen LogP contribution in [0.15, 0.2) is 36.4 Å². The van der Waals surface area contributed by atoms with E-state index in [1.807, 2.05) is 0 Å². The maximum atomic E-state index is 14.4. The first-order valence-corrected chi connectivity index (χ1v) is 8.56. The molecule has 6 nitrogen and oxygen atoms in total. The fourth-order valence-electron chi connectivity index (χ4n) is 3.12. The van der Waals surface area contributed by atoms with E-state index in [1.54, 1.807) is 0 Å². The first kappa shape index (κ1) is 21.3. The van der Waals surface area contributed by atoms with E-state index in [0.717, 1.165) is 36.4 Å². The largest absolute Gasteiger partial charge is 0.573 e. The van der Waals surface area contributed by atoms with Crippen LogP contribution in [0.4, 0.5) is 22.0 Å². The van der Waals surface area contributed by atoms with Crippen LogP contribution in [0.5, 0.6) is 11.5 Å². The summed E-state index contributed by atoms with van der Waals surface area (Å²) in [6, 6.07) is 4.61. The maximum absolute atomic E-state index is 14.4. The molecule has 1 fully saturated rings. The molecule has 11 heteroatoms. The van der Waals surface area contributed by atoms with Gasteiger partial charge in [0.2, 0.25) is 5.91 Å². The Kier molecular flexibility index (Phi) is 5.81. The van der Waals surface area contributed by atoms with E-state index in [0.29, 0.717) is 0 Å². The standard InChI is InChI=1S/C19H15F5N2O4/c1-29-11-6-13(20)15(14(21)7-11)12-8-25-18(28)16(12)26-17(27)9-2-4-10(5-3-9)30-19(22,23)24/h2-7,12,16H,8H2,1H3,(H,25,28)(H,26,27)/t12?,16-/m0/s1. The van der Waals surface area contributed by atoms with Crippen LogP contribution in [0.3, 0.4) is 0 Å². The predicted molar refractivity (Wildman–Crippen MR) is 93.0 cm³/mol. The van der Waals surface area contributed by atoms with Gasteiger partial charge in [0.1, 0.15) is 29.2 Å². The van der Waals surface area contributed by atoms with Gasteiger partial charge in [0.05, 0.1) is 7.11 Å². The van der Waals surface area contributed by atoms with Crippen LogP contribution in [0, 0.1) is 11.6 Å². The van der Waals surface area contributed by atoms with Gasteiger partial charge in [-0.15, -0.1) is 13.2 Å². The number of amides is 2. The molecule has 0 bridgehead atoms. The Labute approximate surface area is 167 Å². The zero-order valence-electron chi connectivity index (χ0n) is 15.3. The molecule has 0 aliphatic carbocycles. The molecule has 0 radical (unpaired) electrons. The van der Waals surface area contributed by atoms with Crippen molar-refractivity contribution in [3.05, 3.63) is 59.2 Å². The maximum Gasteiger partial charge on any atom is 0.573 e. The van der Waals surface area contributed by atoms with Crippen LogP contribution in [0.2, 0.25) is 0 Å². The lowest BCUT2D eigenvalue weighted by molar-refractivity contribution is -0.274. The first-order chi connectivity index (χ1) is 14.1. The third kappa shape index (κ3) is 4.61. The predicted octanol–water partition coefficient (Wildman–Crippen LogP) is 2.88. The Morgan fingerprint density at radius 2 is 1.70 bits per heavy atom. The van der Waals surface area contributed by atoms with Crippen molar-refractivity contribution in [2.24, 2.45) is 0 Å². The van der Waals surface area contributed by atoms with Gasteiger partial charge in [-0.2, -0.15) is 0 Å². The fourth-order valence-corrected chi connectivity index (χ4v) is 3.12. The van der Waals surface area contributed by atoms with Crippen molar-refractivity contribution in [2.75, 3.05) is 13.7 Å². The molecule has 2 N–H and O–H groups in total. The number of carbonyl (C=O) groups excluding carboxylic acids is 2. The molecule has 2 aromatic rings. The zero-order chi connectivity index (χ0) is 22.1. The summed E-state index contributed by atoms with van der Waals surface area (Å²) in [5, 5.41) is 4.80. The number of halogens is 5. The van der Waals surface area contributed by atoms with Gasteiger partial charge in [-0.25, -0.2) is 8.78 Å². The van der Waals surface area contributed by atoms with E-state index in [1.165, 1.54) is 7.11 Å². The topological polar surface area (TPSA) is 76.7 Å². The third-order valence-corrected chi connectivity index (χ3v) is 4.48. The molecule has 1 aliphatic rings. The quantitative estimate of drug-likeness (QED) is 0.716. The molecular weight excluding hydrogens is 415 g/mol. The molecule has 3 rings (SSSR count). The van der Waals surface area contributed by atoms with Gasteiger partial charge in [0.25, 0.3) is 5.91 Å². The summed E-state index contributed by atoms with van der Waals surface area (Å²) in [5.41, 5.74) is -0.466. The molecule has 0 aromatic heterocycles. The molecule has 0 spiro atoms. The highest BCUT2D eigenvalue weighted by Gasteiger charge is 2.40. The number of hydrogen-bond donors (Lipinski definition) is 2. The number of alkyl halides is 3. The lowest BCUT2D eigenvalue weighted by Gasteiger charge is -2.20. The number of hydrogen-bond acceptors (Lipinski definition) is 4. The molecule has 1 heterocycles. The van der Waals surface area contributed by atoms with Crippen molar-refractivity contribution in [2.45, 2.75) is 18.3 Å². The summed E-state index contributed by atoms with van der Waals surface area (Å²) in [4.78, 5) is 24.6. The van der Waals surface area contributed by atoms with Crippen LogP contribution in [0.1, 0.15) is 21.8 Å². The average Bonchev–Trinajstić information content (AvgIpc) is 3.00. The Hall–Kier alpha value is -3.37. The van der Waals surface area contributed by atoms with Crippen molar-refractivity contribution in [1.82, 2.24) is 10.6 Å². The van der Waals surface area contributed by atoms with Gasteiger partial charge >= 0.3 is 6.36 Å². The van der Waals surface area contributed by atoms with E-state index < -0.39 is 53.1 Å². The lowest BCUT2D eigenvalue weighted by atomic mass is 9.92. The molecule has 160 valence electrons. The van der Waals surface area contributed by atoms with E-state index in [9.17, 15) is 31.5 Å². The number of rotatable bonds is 5. The Balaban J connectivity index is 1.79. The zero-order valence-corrected chi connectivity index (χ0v) is 15.3. The van der Waals surface area contributed by atoms with Crippen LogP contribution >= 0.6 is 0 Å².